The third-order valence-electron chi connectivity index (χ3n) is 1.58. The van der Waals surface area contributed by atoms with Gasteiger partial charge in [0, 0.05) is 6.07 Å². The molecular formula is C7H4N2O5S2. The summed E-state index contributed by atoms with van der Waals surface area (Å²) in [6.07, 6.45) is 0. The van der Waals surface area contributed by atoms with Gasteiger partial charge in [0.05, 0.1) is 4.92 Å². The Kier molecular flexibility index (Phi) is 3.48. The Hall–Kier alpha value is -1.63. The maximum absolute atomic E-state index is 10.7. The zero-order chi connectivity index (χ0) is 12.3. The predicted molar refractivity (Wildman–Crippen MR) is 54.4 cm³/mol. The fraction of sp³-hybridized carbons (Fsp3) is 0. The van der Waals surface area contributed by atoms with Gasteiger partial charge in [0.1, 0.15) is 15.2 Å². The fourth-order valence-corrected chi connectivity index (χ4v) is 1.91. The molecule has 0 unspecified atom stereocenters. The number of nitro groups is 1. The van der Waals surface area contributed by atoms with Crippen LogP contribution in [0.15, 0.2) is 28.0 Å². The van der Waals surface area contributed by atoms with E-state index >= 15 is 0 Å². The number of hydrogen-bond acceptors (Lipinski definition) is 6. The molecule has 0 amide bonds. The Morgan fingerprint density at radius 1 is 1.50 bits per heavy atom. The number of thioether (sulfide) groups is 1. The molecule has 1 rings (SSSR count). The van der Waals surface area contributed by atoms with E-state index < -0.39 is 25.6 Å². The topological polar surface area (TPSA) is 121 Å². The lowest BCUT2D eigenvalue weighted by Crippen LogP contribution is -2.00. The third kappa shape index (κ3) is 2.69. The lowest BCUT2D eigenvalue weighted by molar-refractivity contribution is -0.387. The highest BCUT2D eigenvalue weighted by atomic mass is 32.2. The van der Waals surface area contributed by atoms with Gasteiger partial charge in [-0.05, 0) is 23.9 Å². The quantitative estimate of drug-likeness (QED) is 0.286. The first-order valence-corrected chi connectivity index (χ1v) is 5.94. The average Bonchev–Trinajstić information content (AvgIpc) is 2.16. The van der Waals surface area contributed by atoms with E-state index in [2.05, 4.69) is 0 Å². The lowest BCUT2D eigenvalue weighted by Gasteiger charge is -2.00. The molecule has 0 radical (unpaired) electrons. The second-order valence-corrected chi connectivity index (χ2v) is 4.80. The minimum Gasteiger partial charge on any atom is -0.282 e. The number of nitriles is 1. The van der Waals surface area contributed by atoms with Crippen LogP contribution in [0.1, 0.15) is 0 Å². The van der Waals surface area contributed by atoms with Crippen LogP contribution in [0.25, 0.3) is 0 Å². The van der Waals surface area contributed by atoms with Gasteiger partial charge in [0.2, 0.25) is 0 Å². The molecular weight excluding hydrogens is 256 g/mol. The van der Waals surface area contributed by atoms with Gasteiger partial charge in [-0.1, -0.05) is 0 Å². The molecule has 7 nitrogen and oxygen atoms in total. The van der Waals surface area contributed by atoms with Crippen molar-refractivity contribution >= 4 is 27.6 Å². The summed E-state index contributed by atoms with van der Waals surface area (Å²) < 4.78 is 30.2. The minimum atomic E-state index is -4.49. The SMILES string of the molecule is N#CSc1ccc(S(=O)(=O)O)cc1[N+](=O)[O-]. The molecule has 0 saturated carbocycles. The van der Waals surface area contributed by atoms with E-state index in [-0.39, 0.29) is 4.90 Å². The standard InChI is InChI=1S/C7H4N2O5S2/c8-4-15-7-2-1-5(16(12,13)14)3-6(7)9(10)11/h1-3H,(H,12,13,14). The molecule has 0 aliphatic rings. The van der Waals surface area contributed by atoms with E-state index in [0.717, 1.165) is 12.1 Å². The monoisotopic (exact) mass is 260 g/mol. The molecule has 0 spiro atoms. The summed E-state index contributed by atoms with van der Waals surface area (Å²) in [4.78, 5) is 9.19. The molecule has 0 bridgehead atoms. The van der Waals surface area contributed by atoms with Crippen LogP contribution >= 0.6 is 11.8 Å². The van der Waals surface area contributed by atoms with Crippen molar-refractivity contribution in [1.29, 1.82) is 5.26 Å². The van der Waals surface area contributed by atoms with Crippen LogP contribution in [0.5, 0.6) is 0 Å². The van der Waals surface area contributed by atoms with Crippen molar-refractivity contribution in [2.45, 2.75) is 9.79 Å². The zero-order valence-electron chi connectivity index (χ0n) is 7.52. The molecule has 1 aromatic carbocycles. The van der Waals surface area contributed by atoms with Crippen LogP contribution in [-0.4, -0.2) is 17.9 Å². The van der Waals surface area contributed by atoms with Crippen molar-refractivity contribution in [2.24, 2.45) is 0 Å². The Morgan fingerprint density at radius 3 is 2.56 bits per heavy atom. The Balaban J connectivity index is 3.41. The number of benzene rings is 1. The second kappa shape index (κ2) is 4.48. The predicted octanol–water partition coefficient (Wildman–Crippen LogP) is 1.41. The van der Waals surface area contributed by atoms with Gasteiger partial charge in [0.25, 0.3) is 15.8 Å². The second-order valence-electron chi connectivity index (χ2n) is 2.56. The fourth-order valence-electron chi connectivity index (χ4n) is 0.936. The molecule has 16 heavy (non-hydrogen) atoms. The van der Waals surface area contributed by atoms with Gasteiger partial charge >= 0.3 is 0 Å². The molecule has 0 heterocycles. The van der Waals surface area contributed by atoms with Crippen molar-refractivity contribution in [2.75, 3.05) is 0 Å². The number of thiocyanates is 1. The average molecular weight is 260 g/mol. The normalized spacial score (nSPS) is 10.8. The van der Waals surface area contributed by atoms with E-state index in [9.17, 15) is 18.5 Å². The third-order valence-corrected chi connectivity index (χ3v) is 3.09. The molecule has 1 N–H and O–H groups in total. The van der Waals surface area contributed by atoms with Crippen molar-refractivity contribution in [3.63, 3.8) is 0 Å². The smallest absolute Gasteiger partial charge is 0.282 e. The van der Waals surface area contributed by atoms with Crippen molar-refractivity contribution in [3.8, 4) is 5.40 Å². The van der Waals surface area contributed by atoms with Crippen LogP contribution in [0.2, 0.25) is 0 Å². The summed E-state index contributed by atoms with van der Waals surface area (Å²) in [5.74, 6) is 0. The largest absolute Gasteiger partial charge is 0.294 e. The first-order valence-electron chi connectivity index (χ1n) is 3.68. The zero-order valence-corrected chi connectivity index (χ0v) is 9.16. The first-order chi connectivity index (χ1) is 7.36. The number of hydrogen-bond donors (Lipinski definition) is 1. The highest BCUT2D eigenvalue weighted by molar-refractivity contribution is 8.03. The molecule has 0 fully saturated rings. The Bertz CT molecular complexity index is 575. The van der Waals surface area contributed by atoms with Gasteiger partial charge in [-0.2, -0.15) is 13.7 Å². The summed E-state index contributed by atoms with van der Waals surface area (Å²) >= 11 is 0.537. The molecule has 0 atom stereocenters. The first kappa shape index (κ1) is 12.4. The van der Waals surface area contributed by atoms with E-state index in [4.69, 9.17) is 9.81 Å². The van der Waals surface area contributed by atoms with E-state index in [0.29, 0.717) is 17.8 Å². The Morgan fingerprint density at radius 2 is 2.12 bits per heavy atom. The van der Waals surface area contributed by atoms with Gasteiger partial charge in [-0.3, -0.25) is 14.7 Å². The van der Waals surface area contributed by atoms with Crippen LogP contribution in [0, 0.1) is 20.8 Å². The summed E-state index contributed by atoms with van der Waals surface area (Å²) in [6.45, 7) is 0. The summed E-state index contributed by atoms with van der Waals surface area (Å²) in [5, 5.41) is 20.6. The number of nitrogens with zero attached hydrogens (tertiary/aromatic N) is 2. The molecule has 9 heteroatoms. The minimum absolute atomic E-state index is 0.0138. The van der Waals surface area contributed by atoms with Crippen LogP contribution < -0.4 is 0 Å². The molecule has 0 saturated heterocycles. The van der Waals surface area contributed by atoms with Gasteiger partial charge in [-0.25, -0.2) is 0 Å². The maximum Gasteiger partial charge on any atom is 0.294 e. The molecule has 0 aromatic heterocycles. The highest BCUT2D eigenvalue weighted by Crippen LogP contribution is 2.30. The van der Waals surface area contributed by atoms with Gasteiger partial charge in [0.15, 0.2) is 0 Å². The van der Waals surface area contributed by atoms with E-state index in [1.807, 2.05) is 0 Å². The lowest BCUT2D eigenvalue weighted by atomic mass is 10.3. The number of rotatable bonds is 3. The summed E-state index contributed by atoms with van der Waals surface area (Å²) in [6, 6.07) is 2.78. The Labute approximate surface area is 94.6 Å². The van der Waals surface area contributed by atoms with Crippen molar-refractivity contribution in [1.82, 2.24) is 0 Å². The summed E-state index contributed by atoms with van der Waals surface area (Å²) in [5.41, 5.74) is -0.540. The highest BCUT2D eigenvalue weighted by Gasteiger charge is 2.19. The maximum atomic E-state index is 10.7. The van der Waals surface area contributed by atoms with Crippen LogP contribution in [0.4, 0.5) is 5.69 Å². The summed E-state index contributed by atoms with van der Waals surface area (Å²) in [7, 11) is -4.49. The van der Waals surface area contributed by atoms with Crippen molar-refractivity contribution < 1.29 is 17.9 Å². The molecule has 1 aromatic rings. The van der Waals surface area contributed by atoms with Crippen LogP contribution in [0.3, 0.4) is 0 Å². The van der Waals surface area contributed by atoms with Gasteiger partial charge in [-0.15, -0.1) is 0 Å². The molecule has 0 aliphatic heterocycles. The van der Waals surface area contributed by atoms with Crippen LogP contribution in [-0.2, 0) is 10.1 Å². The van der Waals surface area contributed by atoms with Gasteiger partial charge < -0.3 is 0 Å². The molecule has 84 valence electrons. The van der Waals surface area contributed by atoms with Crippen molar-refractivity contribution in [3.05, 3.63) is 28.3 Å². The van der Waals surface area contributed by atoms with E-state index in [1.54, 1.807) is 5.40 Å². The van der Waals surface area contributed by atoms with E-state index in [1.165, 1.54) is 0 Å². The number of nitro benzene ring substituents is 1. The molecule has 0 aliphatic carbocycles.